The van der Waals surface area contributed by atoms with Crippen LogP contribution in [0.4, 0.5) is 4.79 Å². The molecule has 4 aromatic carbocycles. The average molecular weight is 441 g/mol. The van der Waals surface area contributed by atoms with Crippen molar-refractivity contribution in [3.8, 4) is 0 Å². The molecule has 0 saturated carbocycles. The summed E-state index contributed by atoms with van der Waals surface area (Å²) in [6, 6.07) is 38.0. The average Bonchev–Trinajstić information content (AvgIpc) is 2.88. The first-order chi connectivity index (χ1) is 15.7. The van der Waals surface area contributed by atoms with E-state index in [9.17, 15) is 9.90 Å². The third-order valence-electron chi connectivity index (χ3n) is 5.24. The zero-order valence-electron chi connectivity index (χ0n) is 17.5. The van der Waals surface area contributed by atoms with Gasteiger partial charge in [-0.25, -0.2) is 4.79 Å². The summed E-state index contributed by atoms with van der Waals surface area (Å²) in [6.45, 7) is -0.480. The highest BCUT2D eigenvalue weighted by Crippen LogP contribution is 2.56. The largest absolute Gasteiger partial charge is 0.853 e. The number of hydrogen-bond acceptors (Lipinski definition) is 3. The fourth-order valence-electron chi connectivity index (χ4n) is 3.72. The van der Waals surface area contributed by atoms with Crippen molar-refractivity contribution in [2.24, 2.45) is 0 Å². The third kappa shape index (κ3) is 4.57. The summed E-state index contributed by atoms with van der Waals surface area (Å²) in [4.78, 5) is 13.3. The Morgan fingerprint density at radius 1 is 0.688 bits per heavy atom. The Morgan fingerprint density at radius 3 is 1.44 bits per heavy atom. The maximum atomic E-state index is 13.3. The van der Waals surface area contributed by atoms with E-state index in [0.29, 0.717) is 0 Å². The van der Waals surface area contributed by atoms with E-state index in [1.165, 1.54) is 0 Å². The number of nitrogens with one attached hydrogen (secondary N) is 1. The number of amides is 1. The first-order valence-electron chi connectivity index (χ1n) is 10.4. The topological polar surface area (TPSA) is 61.4 Å². The van der Waals surface area contributed by atoms with Crippen molar-refractivity contribution in [3.05, 3.63) is 127 Å². The van der Waals surface area contributed by atoms with Gasteiger partial charge >= 0.3 is 6.09 Å². The standard InChI is InChI=1S/C27H24NO3P/c29-21-26(22-13-5-1-6-14-22)28-27(30)31-32(23-15-7-2-8-16-23,24-17-9-3-10-18-24)25-19-11-4-12-20-25/h1-20,26H,21H2,(H,28,30). The molecule has 4 rings (SSSR count). The molecule has 32 heavy (non-hydrogen) atoms. The van der Waals surface area contributed by atoms with Crippen LogP contribution < -0.4 is 26.3 Å². The van der Waals surface area contributed by atoms with Crippen LogP contribution in [-0.2, 0) is 4.52 Å². The highest BCUT2D eigenvalue weighted by molar-refractivity contribution is 7.92. The molecule has 5 heteroatoms. The van der Waals surface area contributed by atoms with Gasteiger partial charge in [0.2, 0.25) is 0 Å². The number of carbonyl (C=O) groups excluding carboxylic acids is 1. The molecule has 4 aromatic rings. The summed E-state index contributed by atoms with van der Waals surface area (Å²) in [5.74, 6) is 0. The molecule has 0 aromatic heterocycles. The summed E-state index contributed by atoms with van der Waals surface area (Å²) >= 11 is 0. The van der Waals surface area contributed by atoms with Gasteiger partial charge in [-0.05, 0) is 42.0 Å². The van der Waals surface area contributed by atoms with Gasteiger partial charge in [-0.3, -0.25) is 4.52 Å². The van der Waals surface area contributed by atoms with Crippen molar-refractivity contribution in [1.82, 2.24) is 5.32 Å². The lowest BCUT2D eigenvalue weighted by Gasteiger charge is -2.27. The molecule has 0 heterocycles. The van der Waals surface area contributed by atoms with Gasteiger partial charge in [-0.15, -0.1) is 6.61 Å². The quantitative estimate of drug-likeness (QED) is 0.445. The molecule has 4 nitrogen and oxygen atoms in total. The summed E-state index contributed by atoms with van der Waals surface area (Å²) < 4.78 is 6.37. The second kappa shape index (κ2) is 10.2. The van der Waals surface area contributed by atoms with Crippen molar-refractivity contribution in [2.75, 3.05) is 6.61 Å². The van der Waals surface area contributed by atoms with E-state index in [1.807, 2.05) is 121 Å². The van der Waals surface area contributed by atoms with E-state index in [0.717, 1.165) is 21.5 Å². The molecule has 0 aliphatic carbocycles. The molecular formula is C27H24NO3P. The Hall–Kier alpha value is -3.46. The minimum absolute atomic E-state index is 0.480. The van der Waals surface area contributed by atoms with E-state index in [4.69, 9.17) is 4.52 Å². The lowest BCUT2D eigenvalue weighted by atomic mass is 10.1. The number of carbonyl (C=O) groups is 1. The van der Waals surface area contributed by atoms with Crippen LogP contribution in [-0.4, -0.2) is 12.7 Å². The van der Waals surface area contributed by atoms with Crippen LogP contribution in [0.5, 0.6) is 0 Å². The summed E-state index contributed by atoms with van der Waals surface area (Å²) in [7, 11) is -2.78. The second-order valence-corrected chi connectivity index (χ2v) is 10.2. The first-order valence-corrected chi connectivity index (χ1v) is 12.1. The van der Waals surface area contributed by atoms with E-state index in [-0.39, 0.29) is 0 Å². The minimum Gasteiger partial charge on any atom is -0.853 e. The van der Waals surface area contributed by atoms with Gasteiger partial charge in [-0.2, -0.15) is 0 Å². The van der Waals surface area contributed by atoms with Gasteiger partial charge in [0.05, 0.1) is 0 Å². The van der Waals surface area contributed by atoms with Crippen molar-refractivity contribution in [3.63, 3.8) is 0 Å². The van der Waals surface area contributed by atoms with Crippen molar-refractivity contribution in [1.29, 1.82) is 0 Å². The molecule has 0 radical (unpaired) electrons. The number of rotatable bonds is 7. The van der Waals surface area contributed by atoms with Crippen LogP contribution in [0.3, 0.4) is 0 Å². The van der Waals surface area contributed by atoms with Crippen LogP contribution in [0.1, 0.15) is 11.6 Å². The smallest absolute Gasteiger partial charge is 0.447 e. The highest BCUT2D eigenvalue weighted by Gasteiger charge is 2.51. The second-order valence-electron chi connectivity index (χ2n) is 7.27. The molecule has 1 N–H and O–H groups in total. The van der Waals surface area contributed by atoms with Crippen LogP contribution in [0.15, 0.2) is 121 Å². The van der Waals surface area contributed by atoms with Gasteiger partial charge in [0.25, 0.3) is 7.49 Å². The molecule has 0 fully saturated rings. The van der Waals surface area contributed by atoms with Crippen molar-refractivity contribution >= 4 is 29.5 Å². The molecule has 1 atom stereocenters. The van der Waals surface area contributed by atoms with E-state index >= 15 is 0 Å². The summed E-state index contributed by atoms with van der Waals surface area (Å²) in [6.07, 6.45) is -0.611. The Labute approximate surface area is 188 Å². The van der Waals surface area contributed by atoms with Gasteiger partial charge in [-0.1, -0.05) is 84.9 Å². The Kier molecular flexibility index (Phi) is 6.96. The third-order valence-corrected chi connectivity index (χ3v) is 8.76. The Balaban J connectivity index is 1.78. The molecule has 0 spiro atoms. The van der Waals surface area contributed by atoms with E-state index in [1.54, 1.807) is 0 Å². The highest BCUT2D eigenvalue weighted by atomic mass is 31.2. The molecule has 0 aliphatic rings. The van der Waals surface area contributed by atoms with Crippen LogP contribution in [0, 0.1) is 0 Å². The monoisotopic (exact) mass is 441 g/mol. The number of hydrogen-bond donors (Lipinski definition) is 1. The zero-order chi connectivity index (χ0) is 22.2. The molecule has 0 bridgehead atoms. The van der Waals surface area contributed by atoms with Gasteiger partial charge in [0.15, 0.2) is 0 Å². The predicted octanol–water partition coefficient (Wildman–Crippen LogP) is 3.72. The van der Waals surface area contributed by atoms with Crippen LogP contribution >= 0.6 is 7.49 Å². The van der Waals surface area contributed by atoms with Gasteiger partial charge in [0, 0.05) is 6.04 Å². The summed E-state index contributed by atoms with van der Waals surface area (Å²) in [5.41, 5.74) is 0.752. The van der Waals surface area contributed by atoms with Crippen molar-refractivity contribution in [2.45, 2.75) is 6.04 Å². The van der Waals surface area contributed by atoms with E-state index < -0.39 is 26.2 Å². The van der Waals surface area contributed by atoms with Crippen LogP contribution in [0.25, 0.3) is 0 Å². The maximum absolute atomic E-state index is 13.3. The lowest BCUT2D eigenvalue weighted by Crippen LogP contribution is -2.40. The molecule has 160 valence electrons. The van der Waals surface area contributed by atoms with Gasteiger partial charge in [0.1, 0.15) is 15.9 Å². The maximum Gasteiger partial charge on any atom is 0.447 e. The molecule has 0 saturated heterocycles. The molecule has 0 aliphatic heterocycles. The van der Waals surface area contributed by atoms with E-state index in [2.05, 4.69) is 5.32 Å². The minimum atomic E-state index is -2.78. The first kappa shape index (κ1) is 21.8. The summed E-state index contributed by atoms with van der Waals surface area (Å²) in [5, 5.41) is 17.4. The molecule has 1 amide bonds. The predicted molar refractivity (Wildman–Crippen MR) is 129 cm³/mol. The molecule has 1 unspecified atom stereocenters. The Morgan fingerprint density at radius 2 is 1.06 bits per heavy atom. The Bertz CT molecular complexity index is 1030. The zero-order valence-corrected chi connectivity index (χ0v) is 18.4. The van der Waals surface area contributed by atoms with Crippen LogP contribution in [0.2, 0.25) is 0 Å². The van der Waals surface area contributed by atoms with Gasteiger partial charge < -0.3 is 10.4 Å². The molecular weight excluding hydrogens is 417 g/mol. The normalized spacial score (nSPS) is 12.0. The SMILES string of the molecule is O=C(NC(C[O-])c1ccccc1)O[P+](c1ccccc1)(c1ccccc1)c1ccccc1. The lowest BCUT2D eigenvalue weighted by molar-refractivity contribution is -0.373. The number of benzene rings is 4. The fourth-order valence-corrected chi connectivity index (χ4v) is 7.01. The fraction of sp³-hybridized carbons (Fsp3) is 0.0741. The van der Waals surface area contributed by atoms with Crippen molar-refractivity contribution < 1.29 is 14.4 Å².